The highest BCUT2D eigenvalue weighted by Gasteiger charge is 2.41. The van der Waals surface area contributed by atoms with Crippen molar-refractivity contribution in [3.05, 3.63) is 70.8 Å². The third-order valence-electron chi connectivity index (χ3n) is 5.70. The van der Waals surface area contributed by atoms with Gasteiger partial charge in [-0.15, -0.1) is 0 Å². The summed E-state index contributed by atoms with van der Waals surface area (Å²) in [5.74, 6) is -0.460. The molecule has 4 rings (SSSR count). The van der Waals surface area contributed by atoms with Crippen LogP contribution in [-0.2, 0) is 12.6 Å². The first kappa shape index (κ1) is 21.6. The zero-order valence-corrected chi connectivity index (χ0v) is 17.5. The minimum Gasteiger partial charge on any atom is -0.310 e. The van der Waals surface area contributed by atoms with Crippen molar-refractivity contribution in [3.63, 3.8) is 0 Å². The maximum absolute atomic E-state index is 13.6. The average Bonchev–Trinajstić information content (AvgIpc) is 3.20. The molecular weight excluding hydrogens is 419 g/mol. The maximum atomic E-state index is 13.6. The van der Waals surface area contributed by atoms with E-state index < -0.39 is 11.9 Å². The van der Waals surface area contributed by atoms with Crippen LogP contribution in [-0.4, -0.2) is 27.7 Å². The van der Waals surface area contributed by atoms with E-state index in [1.807, 2.05) is 13.0 Å². The molecule has 0 fully saturated rings. The van der Waals surface area contributed by atoms with Gasteiger partial charge < -0.3 is 4.90 Å². The first-order valence-corrected chi connectivity index (χ1v) is 10.1. The van der Waals surface area contributed by atoms with Crippen molar-refractivity contribution in [2.24, 2.45) is 0 Å². The standard InChI is InChI=1S/C23H20F3N5O/c1-14-5-3-8-19-20(14)31(29-21(19)23(24,25)26)17-7-4-6-16(10-17)22(32)30(2)18-9-15(11-27)12-28-13-18/h4,6-7,9-10,12-14H,3,5,8H2,1-2H3. The summed E-state index contributed by atoms with van der Waals surface area (Å²) in [5, 5.41) is 13.0. The molecule has 32 heavy (non-hydrogen) atoms. The zero-order valence-electron chi connectivity index (χ0n) is 17.5. The quantitative estimate of drug-likeness (QED) is 0.583. The van der Waals surface area contributed by atoms with Crippen LogP contribution in [0.3, 0.4) is 0 Å². The molecule has 1 amide bonds. The molecule has 2 aromatic heterocycles. The van der Waals surface area contributed by atoms with Gasteiger partial charge in [-0.3, -0.25) is 9.78 Å². The second kappa shape index (κ2) is 8.11. The van der Waals surface area contributed by atoms with E-state index in [0.717, 1.165) is 6.42 Å². The summed E-state index contributed by atoms with van der Waals surface area (Å²) in [5.41, 5.74) is 1.36. The lowest BCUT2D eigenvalue weighted by Gasteiger charge is -2.22. The number of nitrogens with zero attached hydrogens (tertiary/aromatic N) is 5. The summed E-state index contributed by atoms with van der Waals surface area (Å²) in [6.07, 6.45) is 0.102. The number of alkyl halides is 3. The topological polar surface area (TPSA) is 74.8 Å². The van der Waals surface area contributed by atoms with E-state index in [0.29, 0.717) is 35.5 Å². The number of halogens is 3. The van der Waals surface area contributed by atoms with Gasteiger partial charge in [0.05, 0.1) is 28.8 Å². The van der Waals surface area contributed by atoms with Gasteiger partial charge in [-0.25, -0.2) is 4.68 Å². The molecule has 0 saturated carbocycles. The minimum absolute atomic E-state index is 0.0795. The predicted octanol–water partition coefficient (Wildman–Crippen LogP) is 4.87. The third kappa shape index (κ3) is 3.84. The molecule has 0 aliphatic heterocycles. The van der Waals surface area contributed by atoms with Crippen LogP contribution >= 0.6 is 0 Å². The molecule has 3 aromatic rings. The number of carbonyl (C=O) groups excluding carboxylic acids is 1. The van der Waals surface area contributed by atoms with Crippen LogP contribution < -0.4 is 4.90 Å². The number of benzene rings is 1. The van der Waals surface area contributed by atoms with E-state index in [-0.39, 0.29) is 23.0 Å². The van der Waals surface area contributed by atoms with E-state index in [9.17, 15) is 18.0 Å². The molecule has 164 valence electrons. The Labute approximate surface area is 182 Å². The van der Waals surface area contributed by atoms with E-state index in [1.54, 1.807) is 25.2 Å². The Kier molecular flexibility index (Phi) is 5.46. The number of hydrogen-bond donors (Lipinski definition) is 0. The number of carbonyl (C=O) groups is 1. The highest BCUT2D eigenvalue weighted by molar-refractivity contribution is 6.06. The Bertz CT molecular complexity index is 1230. The first-order chi connectivity index (χ1) is 15.2. The van der Waals surface area contributed by atoms with Gasteiger partial charge in [-0.2, -0.15) is 23.5 Å². The Morgan fingerprint density at radius 1 is 1.28 bits per heavy atom. The van der Waals surface area contributed by atoms with Gasteiger partial charge >= 0.3 is 6.18 Å². The van der Waals surface area contributed by atoms with Crippen LogP contribution in [0.1, 0.15) is 58.6 Å². The molecule has 1 aliphatic rings. The maximum Gasteiger partial charge on any atom is 0.435 e. The third-order valence-corrected chi connectivity index (χ3v) is 5.70. The fourth-order valence-corrected chi connectivity index (χ4v) is 4.12. The van der Waals surface area contributed by atoms with Crippen LogP contribution in [0.5, 0.6) is 0 Å². The summed E-state index contributed by atoms with van der Waals surface area (Å²) >= 11 is 0. The van der Waals surface area contributed by atoms with Gasteiger partial charge in [0.2, 0.25) is 0 Å². The van der Waals surface area contributed by atoms with Gasteiger partial charge in [0.1, 0.15) is 6.07 Å². The smallest absolute Gasteiger partial charge is 0.310 e. The van der Waals surface area contributed by atoms with Gasteiger partial charge in [-0.1, -0.05) is 13.0 Å². The van der Waals surface area contributed by atoms with E-state index in [1.165, 1.54) is 34.1 Å². The number of anilines is 1. The predicted molar refractivity (Wildman–Crippen MR) is 112 cm³/mol. The second-order valence-corrected chi connectivity index (χ2v) is 7.87. The molecule has 1 aliphatic carbocycles. The van der Waals surface area contributed by atoms with Crippen molar-refractivity contribution in [2.45, 2.75) is 38.3 Å². The van der Waals surface area contributed by atoms with Crippen LogP contribution in [0.2, 0.25) is 0 Å². The average molecular weight is 439 g/mol. The number of aromatic nitrogens is 3. The lowest BCUT2D eigenvalue weighted by Crippen LogP contribution is -2.26. The summed E-state index contributed by atoms with van der Waals surface area (Å²) < 4.78 is 42.2. The van der Waals surface area contributed by atoms with Gasteiger partial charge in [0.15, 0.2) is 5.69 Å². The second-order valence-electron chi connectivity index (χ2n) is 7.87. The number of fused-ring (bicyclic) bond motifs is 1. The number of amides is 1. The van der Waals surface area contributed by atoms with E-state index in [4.69, 9.17) is 5.26 Å². The van der Waals surface area contributed by atoms with Gasteiger partial charge in [-0.05, 0) is 49.4 Å². The number of rotatable bonds is 3. The molecule has 1 atom stereocenters. The highest BCUT2D eigenvalue weighted by Crippen LogP contribution is 2.40. The van der Waals surface area contributed by atoms with Crippen molar-refractivity contribution in [2.75, 3.05) is 11.9 Å². The summed E-state index contributed by atoms with van der Waals surface area (Å²) in [6, 6.07) is 9.90. The van der Waals surface area contributed by atoms with Crippen LogP contribution in [0, 0.1) is 11.3 Å². The van der Waals surface area contributed by atoms with Gasteiger partial charge in [0.25, 0.3) is 5.91 Å². The van der Waals surface area contributed by atoms with Crippen molar-refractivity contribution >= 4 is 11.6 Å². The number of nitriles is 1. The summed E-state index contributed by atoms with van der Waals surface area (Å²) in [6.45, 7) is 1.90. The molecule has 0 saturated heterocycles. The highest BCUT2D eigenvalue weighted by atomic mass is 19.4. The van der Waals surface area contributed by atoms with Crippen molar-refractivity contribution in [1.29, 1.82) is 5.26 Å². The number of pyridine rings is 1. The molecule has 0 radical (unpaired) electrons. The van der Waals surface area contributed by atoms with Crippen molar-refractivity contribution in [3.8, 4) is 11.8 Å². The zero-order chi connectivity index (χ0) is 23.0. The lowest BCUT2D eigenvalue weighted by molar-refractivity contribution is -0.142. The largest absolute Gasteiger partial charge is 0.435 e. The summed E-state index contributed by atoms with van der Waals surface area (Å²) in [4.78, 5) is 18.4. The molecule has 6 nitrogen and oxygen atoms in total. The SMILES string of the molecule is CC1CCCc2c(C(F)(F)F)nn(-c3cccc(C(=O)N(C)c4cncc(C#N)c4)c3)c21. The molecule has 0 bridgehead atoms. The Morgan fingerprint density at radius 2 is 2.06 bits per heavy atom. The van der Waals surface area contributed by atoms with Crippen LogP contribution in [0.25, 0.3) is 5.69 Å². The lowest BCUT2D eigenvalue weighted by atomic mass is 9.87. The molecule has 1 aromatic carbocycles. The molecule has 1 unspecified atom stereocenters. The van der Waals surface area contributed by atoms with Crippen LogP contribution in [0.4, 0.5) is 18.9 Å². The number of hydrogen-bond acceptors (Lipinski definition) is 4. The van der Waals surface area contributed by atoms with Gasteiger partial charge in [0, 0.05) is 24.4 Å². The first-order valence-electron chi connectivity index (χ1n) is 10.1. The fraction of sp³-hybridized carbons (Fsp3) is 0.304. The van der Waals surface area contributed by atoms with Crippen molar-refractivity contribution in [1.82, 2.24) is 14.8 Å². The molecule has 0 spiro atoms. The van der Waals surface area contributed by atoms with Crippen molar-refractivity contribution < 1.29 is 18.0 Å². The normalized spacial score (nSPS) is 15.7. The Morgan fingerprint density at radius 3 is 2.78 bits per heavy atom. The fourth-order valence-electron chi connectivity index (χ4n) is 4.12. The Balaban J connectivity index is 1.75. The Hall–Kier alpha value is -3.67. The summed E-state index contributed by atoms with van der Waals surface area (Å²) in [7, 11) is 1.55. The molecule has 2 heterocycles. The van der Waals surface area contributed by atoms with Crippen LogP contribution in [0.15, 0.2) is 42.7 Å². The molecule has 9 heteroatoms. The molecular formula is C23H20F3N5O. The van der Waals surface area contributed by atoms with E-state index >= 15 is 0 Å². The monoisotopic (exact) mass is 439 g/mol. The minimum atomic E-state index is -4.54. The van der Waals surface area contributed by atoms with E-state index in [2.05, 4.69) is 10.1 Å². The molecule has 0 N–H and O–H groups in total.